The Labute approximate surface area is 173 Å². The van der Waals surface area contributed by atoms with Gasteiger partial charge in [-0.05, 0) is 37.1 Å². The number of hydrogen-bond donors (Lipinski definition) is 2. The van der Waals surface area contributed by atoms with Crippen LogP contribution in [0.1, 0.15) is 12.8 Å². The largest absolute Gasteiger partial charge is 0.497 e. The molecule has 1 fully saturated rings. The van der Waals surface area contributed by atoms with Crippen molar-refractivity contribution in [2.45, 2.75) is 17.7 Å². The van der Waals surface area contributed by atoms with Crippen LogP contribution >= 0.6 is 11.3 Å². The van der Waals surface area contributed by atoms with E-state index in [-0.39, 0.29) is 42.3 Å². The highest BCUT2D eigenvalue weighted by Gasteiger charge is 2.32. The molecule has 0 bridgehead atoms. The smallest absolute Gasteiger partial charge is 0.245 e. The van der Waals surface area contributed by atoms with Gasteiger partial charge in [0, 0.05) is 30.6 Å². The van der Waals surface area contributed by atoms with Crippen molar-refractivity contribution in [2.75, 3.05) is 32.1 Å². The summed E-state index contributed by atoms with van der Waals surface area (Å²) in [6, 6.07) is 6.22. The van der Waals surface area contributed by atoms with Crippen LogP contribution in [0.4, 0.5) is 5.13 Å². The summed E-state index contributed by atoms with van der Waals surface area (Å²) in [5, 5.41) is 7.41. The second-order valence-corrected chi connectivity index (χ2v) is 9.29. The molecule has 0 aliphatic carbocycles. The van der Waals surface area contributed by atoms with Gasteiger partial charge in [0.2, 0.25) is 21.8 Å². The molecule has 0 saturated carbocycles. The number of piperidine rings is 1. The lowest BCUT2D eigenvalue weighted by Crippen LogP contribution is -2.44. The minimum absolute atomic E-state index is 0.150. The minimum Gasteiger partial charge on any atom is -0.497 e. The Morgan fingerprint density at radius 2 is 1.93 bits per heavy atom. The molecule has 2 heterocycles. The van der Waals surface area contributed by atoms with E-state index in [1.807, 2.05) is 0 Å². The number of methoxy groups -OCH3 is 1. The third kappa shape index (κ3) is 5.31. The molecule has 2 amide bonds. The van der Waals surface area contributed by atoms with Gasteiger partial charge in [0.25, 0.3) is 0 Å². The maximum atomic E-state index is 12.8. The van der Waals surface area contributed by atoms with Crippen molar-refractivity contribution in [1.82, 2.24) is 14.6 Å². The number of aromatic nitrogens is 1. The summed E-state index contributed by atoms with van der Waals surface area (Å²) >= 11 is 1.29. The van der Waals surface area contributed by atoms with Crippen molar-refractivity contribution in [1.29, 1.82) is 0 Å². The molecule has 0 atom stereocenters. The molecule has 1 aliphatic rings. The lowest BCUT2D eigenvalue weighted by molar-refractivity contribution is -0.128. The van der Waals surface area contributed by atoms with E-state index in [9.17, 15) is 18.0 Å². The highest BCUT2D eigenvalue weighted by Crippen LogP contribution is 2.25. The number of nitrogens with one attached hydrogen (secondary N) is 2. The molecular weight excluding hydrogens is 416 g/mol. The number of amides is 2. The van der Waals surface area contributed by atoms with Gasteiger partial charge in [-0.2, -0.15) is 4.31 Å². The fraction of sp³-hybridized carbons (Fsp3) is 0.389. The molecule has 2 N–H and O–H groups in total. The Morgan fingerprint density at radius 3 is 2.52 bits per heavy atom. The summed E-state index contributed by atoms with van der Waals surface area (Å²) < 4.78 is 31.9. The molecule has 156 valence electrons. The molecule has 0 spiro atoms. The average Bonchev–Trinajstić information content (AvgIpc) is 3.25. The normalized spacial score (nSPS) is 15.6. The third-order valence-corrected chi connectivity index (χ3v) is 7.23. The monoisotopic (exact) mass is 438 g/mol. The van der Waals surface area contributed by atoms with E-state index in [4.69, 9.17) is 4.74 Å². The number of carbonyl (C=O) groups excluding carboxylic acids is 2. The Hall–Kier alpha value is -2.50. The molecule has 11 heteroatoms. The van der Waals surface area contributed by atoms with E-state index in [2.05, 4.69) is 15.6 Å². The van der Waals surface area contributed by atoms with Crippen molar-refractivity contribution in [2.24, 2.45) is 5.92 Å². The molecule has 0 radical (unpaired) electrons. The second-order valence-electron chi connectivity index (χ2n) is 6.46. The average molecular weight is 439 g/mol. The molecular formula is C18H22N4O5S2. The summed E-state index contributed by atoms with van der Waals surface area (Å²) in [7, 11) is -2.10. The molecule has 0 unspecified atom stereocenters. The van der Waals surface area contributed by atoms with Crippen LogP contribution in [0.5, 0.6) is 5.75 Å². The van der Waals surface area contributed by atoms with E-state index in [0.29, 0.717) is 23.7 Å². The Morgan fingerprint density at radius 1 is 1.24 bits per heavy atom. The molecule has 29 heavy (non-hydrogen) atoms. The van der Waals surface area contributed by atoms with Crippen LogP contribution in [0, 0.1) is 5.92 Å². The first-order valence-corrected chi connectivity index (χ1v) is 11.3. The zero-order valence-corrected chi connectivity index (χ0v) is 17.5. The molecule has 2 aromatic rings. The van der Waals surface area contributed by atoms with Crippen LogP contribution in [0.2, 0.25) is 0 Å². The van der Waals surface area contributed by atoms with Crippen molar-refractivity contribution >= 4 is 38.3 Å². The Bertz CT molecular complexity index is 937. The number of hydrogen-bond acceptors (Lipinski definition) is 7. The fourth-order valence-electron chi connectivity index (χ4n) is 3.02. The SMILES string of the molecule is COc1ccc(S(=O)(=O)N2CCC(C(=O)NCC(=O)Nc3nccs3)CC2)cc1. The number of thiazole rings is 1. The number of carbonyl (C=O) groups is 2. The molecule has 9 nitrogen and oxygen atoms in total. The van der Waals surface area contributed by atoms with Gasteiger partial charge < -0.3 is 15.4 Å². The molecule has 1 aliphatic heterocycles. The van der Waals surface area contributed by atoms with Gasteiger partial charge in [-0.1, -0.05) is 0 Å². The number of anilines is 1. The van der Waals surface area contributed by atoms with Crippen molar-refractivity contribution in [3.63, 3.8) is 0 Å². The van der Waals surface area contributed by atoms with E-state index < -0.39 is 10.0 Å². The van der Waals surface area contributed by atoms with Crippen LogP contribution in [0.25, 0.3) is 0 Å². The number of rotatable bonds is 7. The van der Waals surface area contributed by atoms with Gasteiger partial charge in [0.1, 0.15) is 5.75 Å². The topological polar surface area (TPSA) is 118 Å². The number of ether oxygens (including phenoxy) is 1. The Kier molecular flexibility index (Phi) is 6.83. The van der Waals surface area contributed by atoms with Crippen LogP contribution in [-0.2, 0) is 19.6 Å². The lowest BCUT2D eigenvalue weighted by Gasteiger charge is -2.30. The van der Waals surface area contributed by atoms with Crippen LogP contribution in [0.3, 0.4) is 0 Å². The molecule has 1 aromatic carbocycles. The van der Waals surface area contributed by atoms with E-state index in [0.717, 1.165) is 0 Å². The summed E-state index contributed by atoms with van der Waals surface area (Å²) in [5.74, 6) is -0.350. The van der Waals surface area contributed by atoms with Crippen LogP contribution < -0.4 is 15.4 Å². The van der Waals surface area contributed by atoms with E-state index in [1.54, 1.807) is 23.7 Å². The summed E-state index contributed by atoms with van der Waals surface area (Å²) in [5.41, 5.74) is 0. The maximum absolute atomic E-state index is 12.8. The Balaban J connectivity index is 1.48. The summed E-state index contributed by atoms with van der Waals surface area (Å²) in [6.07, 6.45) is 2.37. The predicted octanol–water partition coefficient (Wildman–Crippen LogP) is 1.31. The standard InChI is InChI=1S/C18H22N4O5S2/c1-27-14-2-4-15(5-3-14)29(25,26)22-9-6-13(7-10-22)17(24)20-12-16(23)21-18-19-8-11-28-18/h2-5,8,11,13H,6-7,9-10,12H2,1H3,(H,20,24)(H,19,21,23). The third-order valence-electron chi connectivity index (χ3n) is 4.62. The fourth-order valence-corrected chi connectivity index (χ4v) is 5.03. The first kappa shape index (κ1) is 21.2. The zero-order valence-electron chi connectivity index (χ0n) is 15.8. The van der Waals surface area contributed by atoms with Crippen molar-refractivity contribution in [3.05, 3.63) is 35.8 Å². The number of benzene rings is 1. The van der Waals surface area contributed by atoms with E-state index in [1.165, 1.54) is 34.9 Å². The van der Waals surface area contributed by atoms with Crippen molar-refractivity contribution < 1.29 is 22.7 Å². The second kappa shape index (κ2) is 9.33. The van der Waals surface area contributed by atoms with Gasteiger partial charge in [-0.25, -0.2) is 13.4 Å². The lowest BCUT2D eigenvalue weighted by atomic mass is 9.97. The van der Waals surface area contributed by atoms with Gasteiger partial charge in [0.05, 0.1) is 18.6 Å². The highest BCUT2D eigenvalue weighted by molar-refractivity contribution is 7.89. The maximum Gasteiger partial charge on any atom is 0.245 e. The first-order chi connectivity index (χ1) is 13.9. The summed E-state index contributed by atoms with van der Waals surface area (Å²) in [4.78, 5) is 28.3. The molecule has 1 saturated heterocycles. The minimum atomic E-state index is -3.61. The van der Waals surface area contributed by atoms with Crippen LogP contribution in [0.15, 0.2) is 40.7 Å². The number of nitrogens with zero attached hydrogens (tertiary/aromatic N) is 2. The number of sulfonamides is 1. The zero-order chi connectivity index (χ0) is 20.9. The first-order valence-electron chi connectivity index (χ1n) is 9.01. The molecule has 3 rings (SSSR count). The molecule has 1 aromatic heterocycles. The van der Waals surface area contributed by atoms with Gasteiger partial charge in [-0.3, -0.25) is 9.59 Å². The summed E-state index contributed by atoms with van der Waals surface area (Å²) in [6.45, 7) is 0.346. The van der Waals surface area contributed by atoms with Crippen molar-refractivity contribution in [3.8, 4) is 5.75 Å². The highest BCUT2D eigenvalue weighted by atomic mass is 32.2. The van der Waals surface area contributed by atoms with Gasteiger partial charge in [-0.15, -0.1) is 11.3 Å². The predicted molar refractivity (Wildman–Crippen MR) is 108 cm³/mol. The van der Waals surface area contributed by atoms with Gasteiger partial charge in [0.15, 0.2) is 5.13 Å². The van der Waals surface area contributed by atoms with Crippen LogP contribution in [-0.4, -0.2) is 56.3 Å². The quantitative estimate of drug-likeness (QED) is 0.673. The van der Waals surface area contributed by atoms with E-state index >= 15 is 0 Å². The van der Waals surface area contributed by atoms with Gasteiger partial charge >= 0.3 is 0 Å².